The molecule has 28 heavy (non-hydrogen) atoms. The molecule has 0 heterocycles. The standard InChI is InChI=1S/C23H25FNOPS/c1-23(2,3)28(26)25(18-19-14-16-20(24)17-15-19)27(21-10-6-4-7-11-21)22-12-8-5-9-13-22/h4-17H,18H2,1-3H3/t28-/m1/s1. The third kappa shape index (κ3) is 5.14. The van der Waals surface area contributed by atoms with Crippen LogP contribution in [0.2, 0.25) is 0 Å². The van der Waals surface area contributed by atoms with Crippen molar-refractivity contribution in [3.8, 4) is 0 Å². The van der Waals surface area contributed by atoms with Gasteiger partial charge in [-0.25, -0.2) is 8.60 Å². The lowest BCUT2D eigenvalue weighted by Gasteiger charge is -2.35. The molecule has 146 valence electrons. The van der Waals surface area contributed by atoms with Gasteiger partial charge in [0.05, 0.1) is 4.75 Å². The summed E-state index contributed by atoms with van der Waals surface area (Å²) < 4.78 is 28.7. The highest BCUT2D eigenvalue weighted by molar-refractivity contribution is 7.93. The van der Waals surface area contributed by atoms with E-state index in [4.69, 9.17) is 0 Å². The summed E-state index contributed by atoms with van der Waals surface area (Å²) in [4.78, 5) is 0. The van der Waals surface area contributed by atoms with E-state index in [-0.39, 0.29) is 5.82 Å². The van der Waals surface area contributed by atoms with E-state index in [1.54, 1.807) is 12.1 Å². The van der Waals surface area contributed by atoms with Gasteiger partial charge in [0.25, 0.3) is 0 Å². The van der Waals surface area contributed by atoms with Crippen LogP contribution in [-0.2, 0) is 17.5 Å². The Morgan fingerprint density at radius 3 is 1.71 bits per heavy atom. The molecule has 0 radical (unpaired) electrons. The first-order valence-corrected chi connectivity index (χ1v) is 11.6. The second-order valence-electron chi connectivity index (χ2n) is 7.48. The number of hydrogen-bond donors (Lipinski definition) is 0. The quantitative estimate of drug-likeness (QED) is 0.513. The molecular weight excluding hydrogens is 388 g/mol. The molecule has 3 aromatic rings. The van der Waals surface area contributed by atoms with Gasteiger partial charge in [-0.05, 0) is 49.1 Å². The molecule has 0 aliphatic rings. The molecule has 0 N–H and O–H groups in total. The van der Waals surface area contributed by atoms with E-state index < -0.39 is 23.8 Å². The second-order valence-corrected chi connectivity index (χ2v) is 12.1. The average Bonchev–Trinajstić information content (AvgIpc) is 2.69. The van der Waals surface area contributed by atoms with Crippen molar-refractivity contribution in [2.45, 2.75) is 32.1 Å². The largest absolute Gasteiger partial charge is 0.242 e. The van der Waals surface area contributed by atoms with Crippen molar-refractivity contribution < 1.29 is 8.60 Å². The van der Waals surface area contributed by atoms with Crippen LogP contribution in [0.15, 0.2) is 84.9 Å². The predicted molar refractivity (Wildman–Crippen MR) is 119 cm³/mol. The van der Waals surface area contributed by atoms with Crippen molar-refractivity contribution in [2.75, 3.05) is 0 Å². The maximum absolute atomic E-state index is 13.6. The van der Waals surface area contributed by atoms with Gasteiger partial charge in [-0.3, -0.25) is 0 Å². The zero-order chi connectivity index (χ0) is 20.1. The molecule has 0 saturated carbocycles. The SMILES string of the molecule is CC(C)(C)[S@@](=O)N(Cc1ccc(F)cc1)P(c1ccccc1)c1ccccc1. The first-order chi connectivity index (χ1) is 13.4. The summed E-state index contributed by atoms with van der Waals surface area (Å²) in [6, 6.07) is 26.9. The number of nitrogens with zero attached hydrogens (tertiary/aromatic N) is 1. The summed E-state index contributed by atoms with van der Waals surface area (Å²) >= 11 is 0. The number of benzene rings is 3. The minimum Gasteiger partial charge on any atom is -0.242 e. The third-order valence-electron chi connectivity index (χ3n) is 4.17. The fourth-order valence-corrected chi connectivity index (χ4v) is 7.63. The van der Waals surface area contributed by atoms with Gasteiger partial charge >= 0.3 is 0 Å². The summed E-state index contributed by atoms with van der Waals surface area (Å²) in [5, 5.41) is 2.28. The highest BCUT2D eigenvalue weighted by Gasteiger charge is 2.33. The van der Waals surface area contributed by atoms with Gasteiger partial charge in [0.15, 0.2) is 0 Å². The van der Waals surface area contributed by atoms with Gasteiger partial charge in [-0.2, -0.15) is 4.08 Å². The van der Waals surface area contributed by atoms with E-state index in [2.05, 4.69) is 28.3 Å². The third-order valence-corrected chi connectivity index (χ3v) is 8.83. The summed E-state index contributed by atoms with van der Waals surface area (Å²) in [6.45, 7) is 6.46. The highest BCUT2D eigenvalue weighted by Crippen LogP contribution is 2.43. The first kappa shape index (κ1) is 20.9. The van der Waals surface area contributed by atoms with Crippen LogP contribution in [-0.4, -0.2) is 13.0 Å². The Kier molecular flexibility index (Phi) is 6.77. The second kappa shape index (κ2) is 9.09. The predicted octanol–water partition coefficient (Wildman–Crippen LogP) is 5.14. The van der Waals surface area contributed by atoms with Crippen molar-refractivity contribution in [3.05, 3.63) is 96.3 Å². The van der Waals surface area contributed by atoms with Crippen LogP contribution in [0.4, 0.5) is 4.39 Å². The van der Waals surface area contributed by atoms with Crippen LogP contribution in [0, 0.1) is 5.82 Å². The topological polar surface area (TPSA) is 20.3 Å². The van der Waals surface area contributed by atoms with Gasteiger partial charge in [0.1, 0.15) is 16.8 Å². The van der Waals surface area contributed by atoms with E-state index in [1.165, 1.54) is 12.1 Å². The molecule has 3 aromatic carbocycles. The average molecular weight is 413 g/mol. The van der Waals surface area contributed by atoms with E-state index in [0.29, 0.717) is 6.54 Å². The minimum atomic E-state index is -1.24. The maximum Gasteiger partial charge on any atom is 0.123 e. The Balaban J connectivity index is 2.10. The van der Waals surface area contributed by atoms with Crippen molar-refractivity contribution in [2.24, 2.45) is 0 Å². The molecule has 1 atom stereocenters. The number of halogens is 1. The Hall–Kier alpha value is -1.87. The van der Waals surface area contributed by atoms with Gasteiger partial charge in [0, 0.05) is 14.6 Å². The molecule has 2 nitrogen and oxygen atoms in total. The lowest BCUT2D eigenvalue weighted by molar-refractivity contribution is 0.583. The van der Waals surface area contributed by atoms with E-state index in [0.717, 1.165) is 16.2 Å². The van der Waals surface area contributed by atoms with Crippen molar-refractivity contribution >= 4 is 29.7 Å². The van der Waals surface area contributed by atoms with E-state index >= 15 is 0 Å². The van der Waals surface area contributed by atoms with Crippen LogP contribution < -0.4 is 10.6 Å². The molecule has 0 aromatic heterocycles. The Morgan fingerprint density at radius 1 is 0.821 bits per heavy atom. The maximum atomic E-state index is 13.6. The Morgan fingerprint density at radius 2 is 1.29 bits per heavy atom. The lowest BCUT2D eigenvalue weighted by atomic mass is 10.2. The Bertz CT molecular complexity index is 871. The number of rotatable bonds is 6. The molecule has 0 aliphatic carbocycles. The van der Waals surface area contributed by atoms with Gasteiger partial charge in [0.2, 0.25) is 0 Å². The van der Waals surface area contributed by atoms with Crippen LogP contribution in [0.5, 0.6) is 0 Å². The van der Waals surface area contributed by atoms with Gasteiger partial charge in [-0.1, -0.05) is 72.8 Å². The molecular formula is C23H25FNOPS. The summed E-state index contributed by atoms with van der Waals surface area (Å²) in [7, 11) is -2.25. The van der Waals surface area contributed by atoms with Gasteiger partial charge < -0.3 is 0 Å². The molecule has 0 bridgehead atoms. The van der Waals surface area contributed by atoms with Crippen LogP contribution in [0.3, 0.4) is 0 Å². The fraction of sp³-hybridized carbons (Fsp3) is 0.217. The minimum absolute atomic E-state index is 0.263. The lowest BCUT2D eigenvalue weighted by Crippen LogP contribution is -2.38. The van der Waals surface area contributed by atoms with Gasteiger partial charge in [-0.15, -0.1) is 0 Å². The van der Waals surface area contributed by atoms with Crippen molar-refractivity contribution in [3.63, 3.8) is 0 Å². The van der Waals surface area contributed by atoms with Crippen LogP contribution >= 0.6 is 8.07 Å². The summed E-state index contributed by atoms with van der Waals surface area (Å²) in [6.07, 6.45) is 0. The number of hydrogen-bond acceptors (Lipinski definition) is 1. The molecule has 5 heteroatoms. The smallest absolute Gasteiger partial charge is 0.123 e. The zero-order valence-electron chi connectivity index (χ0n) is 16.4. The molecule has 0 fully saturated rings. The molecule has 3 rings (SSSR count). The zero-order valence-corrected chi connectivity index (χ0v) is 18.1. The molecule has 0 spiro atoms. The molecule has 0 unspecified atom stereocenters. The van der Waals surface area contributed by atoms with Crippen molar-refractivity contribution in [1.29, 1.82) is 0 Å². The first-order valence-electron chi connectivity index (χ1n) is 9.20. The highest BCUT2D eigenvalue weighted by atomic mass is 32.2. The molecule has 0 saturated heterocycles. The van der Waals surface area contributed by atoms with Crippen molar-refractivity contribution in [1.82, 2.24) is 4.08 Å². The summed E-state index contributed by atoms with van der Waals surface area (Å²) in [5.41, 5.74) is 0.943. The van der Waals surface area contributed by atoms with Crippen LogP contribution in [0.1, 0.15) is 26.3 Å². The Labute approximate surface area is 170 Å². The monoisotopic (exact) mass is 413 g/mol. The summed E-state index contributed by atoms with van der Waals surface area (Å²) in [5.74, 6) is -0.263. The normalized spacial score (nSPS) is 13.1. The van der Waals surface area contributed by atoms with E-state index in [1.807, 2.05) is 57.2 Å². The molecule has 0 amide bonds. The fourth-order valence-electron chi connectivity index (χ4n) is 2.81. The molecule has 0 aliphatic heterocycles. The van der Waals surface area contributed by atoms with Crippen LogP contribution in [0.25, 0.3) is 0 Å². The van der Waals surface area contributed by atoms with E-state index in [9.17, 15) is 8.60 Å².